The first-order valence-electron chi connectivity index (χ1n) is 10.7. The molecule has 26 heavy (non-hydrogen) atoms. The van der Waals surface area contributed by atoms with Crippen LogP contribution in [0.1, 0.15) is 103 Å². The summed E-state index contributed by atoms with van der Waals surface area (Å²) in [7, 11) is 0. The lowest BCUT2D eigenvalue weighted by Crippen LogP contribution is -2.29. The van der Waals surface area contributed by atoms with Crippen LogP contribution < -0.4 is 0 Å². The molecule has 0 saturated carbocycles. The number of aliphatic carboxylic acids is 1. The van der Waals surface area contributed by atoms with Gasteiger partial charge in [0.15, 0.2) is 0 Å². The summed E-state index contributed by atoms with van der Waals surface area (Å²) in [5, 5.41) is 36.9. The van der Waals surface area contributed by atoms with Gasteiger partial charge in [-0.25, -0.2) is 0 Å². The molecule has 3 unspecified atom stereocenters. The molecule has 0 bridgehead atoms. The van der Waals surface area contributed by atoms with Crippen LogP contribution in [0.5, 0.6) is 0 Å². The molecule has 0 aromatic carbocycles. The fourth-order valence-corrected chi connectivity index (χ4v) is 3.40. The molecule has 0 aliphatic rings. The van der Waals surface area contributed by atoms with Crippen molar-refractivity contribution in [2.45, 2.75) is 115 Å². The van der Waals surface area contributed by atoms with Gasteiger partial charge >= 0.3 is 5.97 Å². The van der Waals surface area contributed by atoms with Gasteiger partial charge in [0, 0.05) is 6.42 Å². The normalized spacial score (nSPS) is 14.9. The molecule has 0 heterocycles. The number of hydrogen-bond donors (Lipinski definition) is 4. The van der Waals surface area contributed by atoms with Gasteiger partial charge in [0.2, 0.25) is 0 Å². The Morgan fingerprint density at radius 2 is 1.27 bits per heavy atom. The third-order valence-corrected chi connectivity index (χ3v) is 5.23. The Morgan fingerprint density at radius 1 is 0.731 bits per heavy atom. The number of unbranched alkanes of at least 4 members (excludes halogenated alkanes) is 9. The van der Waals surface area contributed by atoms with Gasteiger partial charge in [-0.3, -0.25) is 4.79 Å². The van der Waals surface area contributed by atoms with Crippen molar-refractivity contribution in [1.82, 2.24) is 0 Å². The predicted molar refractivity (Wildman–Crippen MR) is 105 cm³/mol. The van der Waals surface area contributed by atoms with Crippen molar-refractivity contribution in [3.8, 4) is 0 Å². The quantitative estimate of drug-likeness (QED) is 0.253. The van der Waals surface area contributed by atoms with Crippen molar-refractivity contribution in [1.29, 1.82) is 0 Å². The van der Waals surface area contributed by atoms with Crippen LogP contribution in [0, 0.1) is 5.92 Å². The van der Waals surface area contributed by atoms with Gasteiger partial charge in [0.1, 0.15) is 6.10 Å². The zero-order valence-corrected chi connectivity index (χ0v) is 16.7. The second-order valence-corrected chi connectivity index (χ2v) is 7.66. The van der Waals surface area contributed by atoms with Gasteiger partial charge in [-0.1, -0.05) is 77.6 Å². The van der Waals surface area contributed by atoms with E-state index in [1.54, 1.807) is 0 Å². The van der Waals surface area contributed by atoms with Crippen molar-refractivity contribution in [2.24, 2.45) is 5.92 Å². The highest BCUT2D eigenvalue weighted by Crippen LogP contribution is 2.23. The van der Waals surface area contributed by atoms with Crippen LogP contribution in [0.15, 0.2) is 0 Å². The predicted octanol–water partition coefficient (Wildman–Crippen LogP) is 4.27. The van der Waals surface area contributed by atoms with Crippen LogP contribution in [0.25, 0.3) is 0 Å². The van der Waals surface area contributed by atoms with E-state index in [-0.39, 0.29) is 12.3 Å². The molecule has 5 nitrogen and oxygen atoms in total. The van der Waals surface area contributed by atoms with Crippen molar-refractivity contribution < 1.29 is 25.2 Å². The molecule has 156 valence electrons. The Labute approximate surface area is 159 Å². The second kappa shape index (κ2) is 17.7. The maximum Gasteiger partial charge on any atom is 0.303 e. The highest BCUT2D eigenvalue weighted by Gasteiger charge is 2.18. The molecule has 0 fully saturated rings. The summed E-state index contributed by atoms with van der Waals surface area (Å²) in [5.41, 5.74) is 0. The lowest BCUT2D eigenvalue weighted by molar-refractivity contribution is -0.137. The van der Waals surface area contributed by atoms with Gasteiger partial charge in [0.25, 0.3) is 0 Å². The monoisotopic (exact) mass is 374 g/mol. The largest absolute Gasteiger partial charge is 0.481 e. The van der Waals surface area contributed by atoms with Crippen LogP contribution in [-0.4, -0.2) is 45.2 Å². The van der Waals surface area contributed by atoms with Crippen molar-refractivity contribution in [3.63, 3.8) is 0 Å². The Balaban J connectivity index is 3.84. The van der Waals surface area contributed by atoms with E-state index in [1.165, 1.54) is 57.8 Å². The van der Waals surface area contributed by atoms with Crippen molar-refractivity contribution in [2.75, 3.05) is 6.61 Å². The first-order valence-corrected chi connectivity index (χ1v) is 10.7. The number of aliphatic hydroxyl groups is 3. The fraction of sp³-hybridized carbons (Fsp3) is 0.952. The summed E-state index contributed by atoms with van der Waals surface area (Å²) in [5.74, 6) is -0.519. The van der Waals surface area contributed by atoms with Crippen molar-refractivity contribution >= 4 is 5.97 Å². The zero-order chi connectivity index (χ0) is 19.6. The van der Waals surface area contributed by atoms with E-state index in [0.717, 1.165) is 12.8 Å². The Kier molecular flexibility index (Phi) is 17.3. The minimum absolute atomic E-state index is 0.154. The molecule has 0 rings (SSSR count). The molecule has 0 aliphatic carbocycles. The number of aliphatic hydroxyl groups excluding tert-OH is 3. The van der Waals surface area contributed by atoms with Gasteiger partial charge in [0.05, 0.1) is 12.7 Å². The van der Waals surface area contributed by atoms with Crippen LogP contribution in [-0.2, 0) is 4.79 Å². The third-order valence-electron chi connectivity index (χ3n) is 5.23. The van der Waals surface area contributed by atoms with E-state index < -0.39 is 24.8 Å². The van der Waals surface area contributed by atoms with E-state index in [1.807, 2.05) is 0 Å². The Hall–Kier alpha value is -0.650. The van der Waals surface area contributed by atoms with Crippen LogP contribution in [0.4, 0.5) is 0 Å². The molecule has 0 aromatic rings. The van der Waals surface area contributed by atoms with Crippen LogP contribution in [0.2, 0.25) is 0 Å². The molecule has 0 saturated heterocycles. The lowest BCUT2D eigenvalue weighted by atomic mass is 9.89. The zero-order valence-electron chi connectivity index (χ0n) is 16.7. The topological polar surface area (TPSA) is 98.0 Å². The summed E-state index contributed by atoms with van der Waals surface area (Å²) in [6.07, 6.45) is 13.6. The summed E-state index contributed by atoms with van der Waals surface area (Å²) < 4.78 is 0. The number of carboxylic acids is 1. The van der Waals surface area contributed by atoms with Crippen LogP contribution >= 0.6 is 0 Å². The smallest absolute Gasteiger partial charge is 0.303 e. The molecule has 0 aromatic heterocycles. The summed E-state index contributed by atoms with van der Waals surface area (Å²) in [6.45, 7) is 1.79. The Morgan fingerprint density at radius 3 is 1.77 bits per heavy atom. The molecule has 5 heteroatoms. The van der Waals surface area contributed by atoms with E-state index in [9.17, 15) is 15.0 Å². The average molecular weight is 375 g/mol. The van der Waals surface area contributed by atoms with E-state index in [2.05, 4.69) is 6.92 Å². The van der Waals surface area contributed by atoms with Gasteiger partial charge in [-0.2, -0.15) is 0 Å². The molecule has 3 atom stereocenters. The van der Waals surface area contributed by atoms with Crippen LogP contribution in [0.3, 0.4) is 0 Å². The molecular formula is C21H42O5. The third kappa shape index (κ3) is 15.6. The maximum atomic E-state index is 10.8. The second-order valence-electron chi connectivity index (χ2n) is 7.66. The van der Waals surface area contributed by atoms with Crippen molar-refractivity contribution in [3.05, 3.63) is 0 Å². The molecule has 0 radical (unpaired) electrons. The summed E-state index contributed by atoms with van der Waals surface area (Å²) in [6, 6.07) is 0. The number of rotatable bonds is 19. The minimum Gasteiger partial charge on any atom is -0.481 e. The highest BCUT2D eigenvalue weighted by atomic mass is 16.4. The van der Waals surface area contributed by atoms with E-state index in [0.29, 0.717) is 19.3 Å². The fourth-order valence-electron chi connectivity index (χ4n) is 3.40. The first kappa shape index (κ1) is 25.4. The minimum atomic E-state index is -1.10. The van der Waals surface area contributed by atoms with E-state index >= 15 is 0 Å². The standard InChI is InChI=1S/C21H42O5/c1-2-3-4-5-6-7-8-9-10-11-12-18(14-16-21(25)26)13-15-19(23)20(24)17-22/h18-20,22-24H,2-17H2,1H3,(H,25,26). The molecule has 4 N–H and O–H groups in total. The summed E-state index contributed by atoms with van der Waals surface area (Å²) in [4.78, 5) is 10.8. The lowest BCUT2D eigenvalue weighted by Gasteiger charge is -2.20. The maximum absolute atomic E-state index is 10.8. The van der Waals surface area contributed by atoms with Gasteiger partial charge < -0.3 is 20.4 Å². The first-order chi connectivity index (χ1) is 12.5. The Bertz CT molecular complexity index is 322. The van der Waals surface area contributed by atoms with E-state index in [4.69, 9.17) is 10.2 Å². The summed E-state index contributed by atoms with van der Waals surface area (Å²) >= 11 is 0. The average Bonchev–Trinajstić information content (AvgIpc) is 2.63. The van der Waals surface area contributed by atoms with Gasteiger partial charge in [-0.15, -0.1) is 0 Å². The SMILES string of the molecule is CCCCCCCCCCCCC(CCC(=O)O)CCC(O)C(O)CO. The highest BCUT2D eigenvalue weighted by molar-refractivity contribution is 5.66. The number of carboxylic acid groups (broad SMARTS) is 1. The molecule has 0 amide bonds. The molecule has 0 aliphatic heterocycles. The molecular weight excluding hydrogens is 332 g/mol. The number of carbonyl (C=O) groups is 1. The number of hydrogen-bond acceptors (Lipinski definition) is 4. The molecule has 0 spiro atoms. The van der Waals surface area contributed by atoms with Gasteiger partial charge in [-0.05, 0) is 25.2 Å².